The first-order valence-corrected chi connectivity index (χ1v) is 11.9. The largest absolute Gasteiger partial charge is 0.416 e. The fraction of sp³-hybridized carbons (Fsp3) is 0.370. The van der Waals surface area contributed by atoms with Gasteiger partial charge in [-0.15, -0.1) is 0 Å². The van der Waals surface area contributed by atoms with Gasteiger partial charge in [0.05, 0.1) is 11.7 Å². The number of nitrogens with zero attached hydrogens (tertiary/aromatic N) is 2. The molecule has 2 aromatic rings. The number of nitrogens with one attached hydrogen (secondary N) is 1. The first-order valence-electron chi connectivity index (χ1n) is 11.9. The number of rotatable bonds is 8. The molecule has 10 heteroatoms. The lowest BCUT2D eigenvalue weighted by molar-refractivity contribution is -0.212. The van der Waals surface area contributed by atoms with Crippen LogP contribution in [-0.2, 0) is 20.8 Å². The SMILES string of the molecule is CC(=O)N1C=C(c2ccccc2)N(CC(=O)NC(Cc2ccccc2)C(O)C(F)(F)F)C(=O)[C@H]1C(C)C. The van der Waals surface area contributed by atoms with E-state index < -0.39 is 42.7 Å². The van der Waals surface area contributed by atoms with E-state index >= 15 is 0 Å². The van der Waals surface area contributed by atoms with Crippen molar-refractivity contribution < 1.29 is 32.7 Å². The lowest BCUT2D eigenvalue weighted by atomic mass is 9.97. The van der Waals surface area contributed by atoms with Crippen LogP contribution < -0.4 is 5.32 Å². The number of benzene rings is 2. The third-order valence-corrected chi connectivity index (χ3v) is 6.10. The van der Waals surface area contributed by atoms with Gasteiger partial charge in [-0.25, -0.2) is 0 Å². The molecular weight excluding hydrogens is 487 g/mol. The molecule has 2 aromatic carbocycles. The predicted molar refractivity (Wildman–Crippen MR) is 131 cm³/mol. The Kier molecular flexibility index (Phi) is 8.75. The molecule has 0 fully saturated rings. The summed E-state index contributed by atoms with van der Waals surface area (Å²) in [5.41, 5.74) is 1.31. The van der Waals surface area contributed by atoms with Crippen LogP contribution in [0.1, 0.15) is 31.9 Å². The molecule has 2 unspecified atom stereocenters. The lowest BCUT2D eigenvalue weighted by Crippen LogP contribution is -2.57. The molecule has 0 aliphatic carbocycles. The molecule has 0 radical (unpaired) electrons. The van der Waals surface area contributed by atoms with Crippen molar-refractivity contribution in [2.75, 3.05) is 6.54 Å². The second-order valence-corrected chi connectivity index (χ2v) is 9.27. The van der Waals surface area contributed by atoms with Crippen molar-refractivity contribution in [3.05, 3.63) is 78.0 Å². The highest BCUT2D eigenvalue weighted by molar-refractivity contribution is 5.99. The zero-order chi connectivity index (χ0) is 27.3. The highest BCUT2D eigenvalue weighted by Gasteiger charge is 2.45. The summed E-state index contributed by atoms with van der Waals surface area (Å²) in [7, 11) is 0. The highest BCUT2D eigenvalue weighted by atomic mass is 19.4. The minimum absolute atomic E-state index is 0.267. The van der Waals surface area contributed by atoms with Crippen LogP contribution in [0.3, 0.4) is 0 Å². The van der Waals surface area contributed by atoms with Crippen molar-refractivity contribution in [3.63, 3.8) is 0 Å². The summed E-state index contributed by atoms with van der Waals surface area (Å²) in [5.74, 6) is -2.06. The molecule has 0 aromatic heterocycles. The summed E-state index contributed by atoms with van der Waals surface area (Å²) in [4.78, 5) is 41.5. The van der Waals surface area contributed by atoms with E-state index in [-0.39, 0.29) is 23.9 Å². The third kappa shape index (κ3) is 6.76. The maximum atomic E-state index is 13.6. The Morgan fingerprint density at radius 2 is 1.59 bits per heavy atom. The van der Waals surface area contributed by atoms with Crippen molar-refractivity contribution in [2.45, 2.75) is 51.6 Å². The third-order valence-electron chi connectivity index (χ3n) is 6.10. The molecule has 3 rings (SSSR count). The molecule has 1 aliphatic rings. The maximum absolute atomic E-state index is 13.6. The molecule has 3 amide bonds. The lowest BCUT2D eigenvalue weighted by Gasteiger charge is -2.40. The Morgan fingerprint density at radius 1 is 1.03 bits per heavy atom. The standard InChI is InChI=1S/C27H30F3N3O4/c1-17(2)24-26(37)33(22(15-32(24)18(3)34)20-12-8-5-9-13-20)16-23(35)31-21(25(36)27(28,29)30)14-19-10-6-4-7-11-19/h4-13,15,17,21,24-25,36H,14,16H2,1-3H3,(H,31,35)/t21?,24-,25?/m1/s1. The first-order chi connectivity index (χ1) is 17.4. The molecule has 3 atom stereocenters. The summed E-state index contributed by atoms with van der Waals surface area (Å²) in [6, 6.07) is 14.2. The maximum Gasteiger partial charge on any atom is 0.416 e. The van der Waals surface area contributed by atoms with Crippen molar-refractivity contribution in [2.24, 2.45) is 5.92 Å². The predicted octanol–water partition coefficient (Wildman–Crippen LogP) is 3.35. The van der Waals surface area contributed by atoms with Crippen molar-refractivity contribution in [3.8, 4) is 0 Å². The smallest absolute Gasteiger partial charge is 0.382 e. The molecule has 2 N–H and O–H groups in total. The van der Waals surface area contributed by atoms with Crippen LogP contribution in [-0.4, -0.2) is 63.5 Å². The van der Waals surface area contributed by atoms with E-state index in [1.165, 1.54) is 22.9 Å². The van der Waals surface area contributed by atoms with Gasteiger partial charge < -0.3 is 15.3 Å². The topological polar surface area (TPSA) is 90.0 Å². The molecule has 7 nitrogen and oxygen atoms in total. The molecule has 1 aliphatic heterocycles. The Bertz CT molecular complexity index is 1140. The van der Waals surface area contributed by atoms with Crippen LogP contribution in [0.25, 0.3) is 5.70 Å². The van der Waals surface area contributed by atoms with Gasteiger partial charge >= 0.3 is 6.18 Å². The quantitative estimate of drug-likeness (QED) is 0.562. The van der Waals surface area contributed by atoms with Gasteiger partial charge in [-0.1, -0.05) is 74.5 Å². The molecule has 0 saturated carbocycles. The molecular formula is C27H30F3N3O4. The Morgan fingerprint density at radius 3 is 2.11 bits per heavy atom. The normalized spacial score (nSPS) is 17.9. The Hall–Kier alpha value is -3.66. The van der Waals surface area contributed by atoms with Gasteiger partial charge in [-0.2, -0.15) is 13.2 Å². The van der Waals surface area contributed by atoms with E-state index in [0.717, 1.165) is 0 Å². The number of hydrogen-bond acceptors (Lipinski definition) is 4. The summed E-state index contributed by atoms with van der Waals surface area (Å²) in [6.07, 6.45) is -6.55. The molecule has 37 heavy (non-hydrogen) atoms. The van der Waals surface area contributed by atoms with Crippen LogP contribution in [0, 0.1) is 5.92 Å². The second kappa shape index (κ2) is 11.6. The highest BCUT2D eigenvalue weighted by Crippen LogP contribution is 2.30. The van der Waals surface area contributed by atoms with E-state index in [0.29, 0.717) is 11.1 Å². The van der Waals surface area contributed by atoms with Gasteiger partial charge in [0, 0.05) is 13.1 Å². The van der Waals surface area contributed by atoms with E-state index in [4.69, 9.17) is 0 Å². The molecule has 1 heterocycles. The number of amides is 3. The fourth-order valence-electron chi connectivity index (χ4n) is 4.31. The van der Waals surface area contributed by atoms with Gasteiger partial charge in [0.25, 0.3) is 5.91 Å². The van der Waals surface area contributed by atoms with Gasteiger partial charge in [0.15, 0.2) is 6.10 Å². The van der Waals surface area contributed by atoms with Crippen LogP contribution in [0.5, 0.6) is 0 Å². The number of hydrogen-bond donors (Lipinski definition) is 2. The fourth-order valence-corrected chi connectivity index (χ4v) is 4.31. The molecule has 0 saturated heterocycles. The molecule has 0 spiro atoms. The second-order valence-electron chi connectivity index (χ2n) is 9.27. The zero-order valence-electron chi connectivity index (χ0n) is 20.8. The van der Waals surface area contributed by atoms with E-state index in [2.05, 4.69) is 5.32 Å². The molecule has 0 bridgehead atoms. The van der Waals surface area contributed by atoms with E-state index in [1.807, 2.05) is 0 Å². The van der Waals surface area contributed by atoms with Crippen LogP contribution in [0.15, 0.2) is 66.9 Å². The average molecular weight is 518 g/mol. The number of carbonyl (C=O) groups is 3. The number of aliphatic hydroxyl groups is 1. The van der Waals surface area contributed by atoms with Gasteiger partial charge in [0.1, 0.15) is 12.6 Å². The van der Waals surface area contributed by atoms with E-state index in [1.54, 1.807) is 74.5 Å². The summed E-state index contributed by atoms with van der Waals surface area (Å²) >= 11 is 0. The minimum atomic E-state index is -4.96. The van der Waals surface area contributed by atoms with Crippen LogP contribution in [0.4, 0.5) is 13.2 Å². The minimum Gasteiger partial charge on any atom is -0.382 e. The van der Waals surface area contributed by atoms with Crippen molar-refractivity contribution in [1.82, 2.24) is 15.1 Å². The van der Waals surface area contributed by atoms with Gasteiger partial charge in [-0.05, 0) is 23.5 Å². The number of halogens is 3. The number of carbonyl (C=O) groups excluding carboxylic acids is 3. The van der Waals surface area contributed by atoms with Gasteiger partial charge in [-0.3, -0.25) is 19.3 Å². The number of alkyl halides is 3. The van der Waals surface area contributed by atoms with Crippen LogP contribution >= 0.6 is 0 Å². The summed E-state index contributed by atoms with van der Waals surface area (Å²) in [5, 5.41) is 12.3. The van der Waals surface area contributed by atoms with Crippen molar-refractivity contribution >= 4 is 23.4 Å². The van der Waals surface area contributed by atoms with Crippen molar-refractivity contribution in [1.29, 1.82) is 0 Å². The first kappa shape index (κ1) is 27.9. The Labute approximate surface area is 213 Å². The zero-order valence-corrected chi connectivity index (χ0v) is 20.8. The van der Waals surface area contributed by atoms with Gasteiger partial charge in [0.2, 0.25) is 11.8 Å². The Balaban J connectivity index is 1.93. The monoisotopic (exact) mass is 517 g/mol. The number of aliphatic hydroxyl groups excluding tert-OH is 1. The van der Waals surface area contributed by atoms with Crippen LogP contribution in [0.2, 0.25) is 0 Å². The summed E-state index contributed by atoms with van der Waals surface area (Å²) in [6.45, 7) is 4.25. The average Bonchev–Trinajstić information content (AvgIpc) is 2.84. The van der Waals surface area contributed by atoms with E-state index in [9.17, 15) is 32.7 Å². The molecule has 198 valence electrons. The summed E-state index contributed by atoms with van der Waals surface area (Å²) < 4.78 is 40.2.